The molecule has 3 N–H and O–H groups in total. The smallest absolute Gasteiger partial charge is 0.252 e. The van der Waals surface area contributed by atoms with E-state index in [2.05, 4.69) is 10.6 Å². The Labute approximate surface area is 129 Å². The van der Waals surface area contributed by atoms with Gasteiger partial charge in [-0.3, -0.25) is 4.79 Å². The summed E-state index contributed by atoms with van der Waals surface area (Å²) in [4.78, 5) is 12.3. The third-order valence-corrected chi connectivity index (χ3v) is 4.30. The van der Waals surface area contributed by atoms with Crippen LogP contribution in [0.25, 0.3) is 0 Å². The van der Waals surface area contributed by atoms with Gasteiger partial charge in [0.1, 0.15) is 5.60 Å². The number of halogens is 1. The highest BCUT2D eigenvalue weighted by atomic mass is 35.5. The van der Waals surface area contributed by atoms with Gasteiger partial charge in [-0.2, -0.15) is 11.3 Å². The summed E-state index contributed by atoms with van der Waals surface area (Å²) in [5, 5.41) is 19.7. The number of hydrogen-bond donors (Lipinski definition) is 3. The molecule has 2 rings (SSSR count). The van der Waals surface area contributed by atoms with Gasteiger partial charge in [-0.1, -0.05) is 0 Å². The molecule has 1 unspecified atom stereocenters. The lowest BCUT2D eigenvalue weighted by atomic mass is 9.91. The molecule has 0 radical (unpaired) electrons. The van der Waals surface area contributed by atoms with Crippen molar-refractivity contribution in [2.45, 2.75) is 24.5 Å². The molecule has 1 aromatic heterocycles. The van der Waals surface area contributed by atoms with E-state index in [1.54, 1.807) is 7.11 Å². The van der Waals surface area contributed by atoms with Crippen LogP contribution >= 0.6 is 23.7 Å². The molecule has 1 aliphatic rings. The van der Waals surface area contributed by atoms with Gasteiger partial charge >= 0.3 is 0 Å². The lowest BCUT2D eigenvalue weighted by molar-refractivity contribution is -0.147. The zero-order chi connectivity index (χ0) is 13.7. The van der Waals surface area contributed by atoms with Crippen molar-refractivity contribution in [1.82, 2.24) is 10.6 Å². The van der Waals surface area contributed by atoms with E-state index in [1.165, 1.54) is 11.3 Å². The molecular weight excluding hydrogens is 300 g/mol. The summed E-state index contributed by atoms with van der Waals surface area (Å²) >= 11 is 1.53. The Bertz CT molecular complexity index is 408. The number of amides is 1. The van der Waals surface area contributed by atoms with Crippen LogP contribution in [0.2, 0.25) is 0 Å². The van der Waals surface area contributed by atoms with Gasteiger partial charge in [0.05, 0.1) is 6.10 Å². The van der Waals surface area contributed by atoms with Crippen LogP contribution in [0, 0.1) is 0 Å². The second-order valence-corrected chi connectivity index (χ2v) is 5.51. The van der Waals surface area contributed by atoms with Crippen molar-refractivity contribution in [3.8, 4) is 0 Å². The minimum atomic E-state index is -0.750. The topological polar surface area (TPSA) is 70.6 Å². The second kappa shape index (κ2) is 7.95. The number of aliphatic hydroxyl groups is 1. The summed E-state index contributed by atoms with van der Waals surface area (Å²) in [6, 6.07) is 1.86. The molecule has 0 aliphatic carbocycles. The highest BCUT2D eigenvalue weighted by Gasteiger charge is 2.39. The Kier molecular flexibility index (Phi) is 6.91. The molecule has 5 nitrogen and oxygen atoms in total. The zero-order valence-electron chi connectivity index (χ0n) is 11.4. The van der Waals surface area contributed by atoms with Gasteiger partial charge in [-0.05, 0) is 48.3 Å². The summed E-state index contributed by atoms with van der Waals surface area (Å²) in [7, 11) is 1.57. The van der Waals surface area contributed by atoms with Crippen LogP contribution in [0.4, 0.5) is 0 Å². The highest BCUT2D eigenvalue weighted by Crippen LogP contribution is 2.23. The monoisotopic (exact) mass is 320 g/mol. The minimum absolute atomic E-state index is 0. The Morgan fingerprint density at radius 1 is 1.60 bits per heavy atom. The fourth-order valence-electron chi connectivity index (χ4n) is 2.29. The van der Waals surface area contributed by atoms with Crippen molar-refractivity contribution < 1.29 is 14.6 Å². The number of thiophene rings is 1. The Hall–Kier alpha value is -0.660. The molecule has 0 aromatic carbocycles. The van der Waals surface area contributed by atoms with E-state index < -0.39 is 11.7 Å². The van der Waals surface area contributed by atoms with Crippen LogP contribution in [0.3, 0.4) is 0 Å². The molecule has 0 bridgehead atoms. The maximum atomic E-state index is 12.3. The molecule has 1 saturated heterocycles. The number of rotatable bonds is 5. The first-order valence-corrected chi connectivity index (χ1v) is 7.36. The fraction of sp³-hybridized carbons (Fsp3) is 0.615. The van der Waals surface area contributed by atoms with Gasteiger partial charge in [0.2, 0.25) is 0 Å². The van der Waals surface area contributed by atoms with E-state index in [4.69, 9.17) is 4.74 Å². The van der Waals surface area contributed by atoms with E-state index in [-0.39, 0.29) is 24.9 Å². The lowest BCUT2D eigenvalue weighted by Gasteiger charge is -2.35. The number of carbonyl (C=O) groups is 1. The number of carbonyl (C=O) groups excluding carboxylic acids is 1. The van der Waals surface area contributed by atoms with Crippen LogP contribution in [-0.4, -0.2) is 43.4 Å². The quantitative estimate of drug-likeness (QED) is 0.759. The van der Waals surface area contributed by atoms with Crippen LogP contribution in [0.15, 0.2) is 16.8 Å². The number of nitrogens with one attached hydrogen (secondary N) is 2. The van der Waals surface area contributed by atoms with Crippen molar-refractivity contribution in [2.75, 3.05) is 26.7 Å². The molecule has 0 saturated carbocycles. The lowest BCUT2D eigenvalue weighted by Crippen LogP contribution is -2.54. The van der Waals surface area contributed by atoms with E-state index in [1.807, 2.05) is 16.8 Å². The van der Waals surface area contributed by atoms with Crippen LogP contribution in [0.1, 0.15) is 24.5 Å². The van der Waals surface area contributed by atoms with Gasteiger partial charge in [-0.25, -0.2) is 0 Å². The van der Waals surface area contributed by atoms with Crippen molar-refractivity contribution in [2.24, 2.45) is 0 Å². The highest BCUT2D eigenvalue weighted by molar-refractivity contribution is 7.07. The Morgan fingerprint density at radius 2 is 2.30 bits per heavy atom. The third-order valence-electron chi connectivity index (χ3n) is 3.60. The molecule has 1 amide bonds. The van der Waals surface area contributed by atoms with Crippen molar-refractivity contribution in [3.63, 3.8) is 0 Å². The Morgan fingerprint density at radius 3 is 2.85 bits per heavy atom. The predicted molar refractivity (Wildman–Crippen MR) is 81.4 cm³/mol. The second-order valence-electron chi connectivity index (χ2n) is 4.73. The van der Waals surface area contributed by atoms with Gasteiger partial charge < -0.3 is 20.5 Å². The number of aliphatic hydroxyl groups excluding tert-OH is 1. The molecule has 114 valence electrons. The van der Waals surface area contributed by atoms with Gasteiger partial charge in [0.25, 0.3) is 5.91 Å². The summed E-state index contributed by atoms with van der Waals surface area (Å²) < 4.78 is 5.43. The molecule has 1 atom stereocenters. The first-order valence-electron chi connectivity index (χ1n) is 6.42. The van der Waals surface area contributed by atoms with E-state index in [9.17, 15) is 9.90 Å². The third kappa shape index (κ3) is 3.93. The first-order chi connectivity index (χ1) is 9.18. The van der Waals surface area contributed by atoms with Crippen molar-refractivity contribution in [1.29, 1.82) is 0 Å². The van der Waals surface area contributed by atoms with Gasteiger partial charge in [0.15, 0.2) is 0 Å². The van der Waals surface area contributed by atoms with E-state index >= 15 is 0 Å². The molecule has 2 heterocycles. The Balaban J connectivity index is 0.00000200. The summed E-state index contributed by atoms with van der Waals surface area (Å²) in [5.74, 6) is -0.134. The average molecular weight is 321 g/mol. The number of hydrogen-bond acceptors (Lipinski definition) is 5. The zero-order valence-corrected chi connectivity index (χ0v) is 13.1. The number of piperidine rings is 1. The molecule has 0 spiro atoms. The van der Waals surface area contributed by atoms with E-state index in [0.717, 1.165) is 18.7 Å². The van der Waals surface area contributed by atoms with E-state index in [0.29, 0.717) is 12.8 Å². The minimum Gasteiger partial charge on any atom is -0.387 e. The number of methoxy groups -OCH3 is 1. The molecule has 7 heteroatoms. The van der Waals surface area contributed by atoms with Crippen molar-refractivity contribution >= 4 is 29.7 Å². The van der Waals surface area contributed by atoms with Gasteiger partial charge in [0, 0.05) is 13.7 Å². The van der Waals surface area contributed by atoms with Crippen LogP contribution in [-0.2, 0) is 9.53 Å². The average Bonchev–Trinajstić information content (AvgIpc) is 2.99. The maximum absolute atomic E-state index is 12.3. The molecular formula is C13H21ClN2O3S. The molecule has 1 fully saturated rings. The largest absolute Gasteiger partial charge is 0.387 e. The standard InChI is InChI=1S/C13H20N2O3S.ClH/c1-18-13(3-5-14-6-4-13)12(17)15-8-11(16)10-2-7-19-9-10;/h2,7,9,11,14,16H,3-6,8H2,1H3,(H,15,17);1H. The van der Waals surface area contributed by atoms with Crippen LogP contribution < -0.4 is 10.6 Å². The van der Waals surface area contributed by atoms with Crippen LogP contribution in [0.5, 0.6) is 0 Å². The first kappa shape index (κ1) is 17.4. The summed E-state index contributed by atoms with van der Waals surface area (Å²) in [5.41, 5.74) is 0.0849. The fourth-order valence-corrected chi connectivity index (χ4v) is 2.99. The summed E-state index contributed by atoms with van der Waals surface area (Å²) in [6.45, 7) is 1.76. The maximum Gasteiger partial charge on any atom is 0.252 e. The van der Waals surface area contributed by atoms with Crippen molar-refractivity contribution in [3.05, 3.63) is 22.4 Å². The number of ether oxygens (including phenoxy) is 1. The summed E-state index contributed by atoms with van der Waals surface area (Å²) in [6.07, 6.45) is 0.652. The normalized spacial score (nSPS) is 18.9. The molecule has 1 aliphatic heterocycles. The molecule has 20 heavy (non-hydrogen) atoms. The molecule has 1 aromatic rings. The van der Waals surface area contributed by atoms with Gasteiger partial charge in [-0.15, -0.1) is 12.4 Å². The SMILES string of the molecule is COC1(C(=O)NCC(O)c2ccsc2)CCNCC1.Cl. The predicted octanol–water partition coefficient (Wildman–Crippen LogP) is 1.09.